The minimum Gasteiger partial charge on any atom is -0.452 e. The molecule has 0 saturated heterocycles. The number of esters is 1. The summed E-state index contributed by atoms with van der Waals surface area (Å²) >= 11 is 6.23. The van der Waals surface area contributed by atoms with Crippen molar-refractivity contribution in [1.29, 1.82) is 0 Å². The molecule has 0 unspecified atom stereocenters. The number of rotatable bonds is 3. The highest BCUT2D eigenvalue weighted by atomic mass is 35.5. The minimum atomic E-state index is -0.508. The molecule has 1 heterocycles. The third kappa shape index (κ3) is 2.93. The largest absolute Gasteiger partial charge is 0.452 e. The van der Waals surface area contributed by atoms with Gasteiger partial charge in [-0.1, -0.05) is 49.7 Å². The van der Waals surface area contributed by atoms with Crippen LogP contribution in [0.15, 0.2) is 57.7 Å². The summed E-state index contributed by atoms with van der Waals surface area (Å²) < 4.78 is 11.2. The molecule has 0 N–H and O–H groups in total. The van der Waals surface area contributed by atoms with Crippen molar-refractivity contribution >= 4 is 28.5 Å². The Hall–Kier alpha value is -2.59. The first-order valence-corrected chi connectivity index (χ1v) is 7.89. The first-order valence-electron chi connectivity index (χ1n) is 7.51. The van der Waals surface area contributed by atoms with Gasteiger partial charge in [-0.2, -0.15) is 0 Å². The molecule has 0 radical (unpaired) electrons. The zero-order chi connectivity index (χ0) is 17.3. The molecule has 0 atom stereocenters. The maximum Gasteiger partial charge on any atom is 0.314 e. The molecule has 5 heteroatoms. The Labute approximate surface area is 143 Å². The highest BCUT2D eigenvalue weighted by Gasteiger charge is 2.22. The maximum atomic E-state index is 12.8. The Morgan fingerprint density at radius 2 is 1.75 bits per heavy atom. The average molecular weight is 343 g/mol. The Balaban J connectivity index is 2.32. The number of hydrogen-bond donors (Lipinski definition) is 0. The molecule has 0 aliphatic heterocycles. The summed E-state index contributed by atoms with van der Waals surface area (Å²) in [4.78, 5) is 24.8. The average Bonchev–Trinajstić information content (AvgIpc) is 2.57. The molecule has 0 aliphatic rings. The summed E-state index contributed by atoms with van der Waals surface area (Å²) in [6.07, 6.45) is 0. The highest BCUT2D eigenvalue weighted by Crippen LogP contribution is 2.35. The Kier molecular flexibility index (Phi) is 4.40. The lowest BCUT2D eigenvalue weighted by Crippen LogP contribution is -2.20. The van der Waals surface area contributed by atoms with Crippen molar-refractivity contribution in [3.63, 3.8) is 0 Å². The van der Waals surface area contributed by atoms with Gasteiger partial charge in [0.2, 0.25) is 11.2 Å². The van der Waals surface area contributed by atoms with E-state index in [4.69, 9.17) is 20.8 Å². The number of hydrogen-bond acceptors (Lipinski definition) is 4. The van der Waals surface area contributed by atoms with Crippen LogP contribution in [0.4, 0.5) is 0 Å². The molecule has 3 aromatic rings. The number of carbonyl (C=O) groups is 1. The predicted octanol–water partition coefficient (Wildman–Crippen LogP) is 4.67. The van der Waals surface area contributed by atoms with Crippen molar-refractivity contribution in [2.45, 2.75) is 13.8 Å². The van der Waals surface area contributed by atoms with Crippen LogP contribution in [0.2, 0.25) is 5.02 Å². The normalized spacial score (nSPS) is 11.0. The van der Waals surface area contributed by atoms with E-state index in [2.05, 4.69) is 0 Å². The second-order valence-electron chi connectivity index (χ2n) is 5.64. The zero-order valence-corrected chi connectivity index (χ0v) is 14.0. The van der Waals surface area contributed by atoms with Gasteiger partial charge in [0, 0.05) is 5.56 Å². The van der Waals surface area contributed by atoms with E-state index >= 15 is 0 Å². The van der Waals surface area contributed by atoms with Crippen molar-refractivity contribution in [2.24, 2.45) is 5.92 Å². The van der Waals surface area contributed by atoms with Crippen LogP contribution in [-0.4, -0.2) is 5.97 Å². The summed E-state index contributed by atoms with van der Waals surface area (Å²) in [7, 11) is 0. The lowest BCUT2D eigenvalue weighted by Gasteiger charge is -2.12. The number of para-hydroxylation sites is 1. The molecule has 0 bridgehead atoms. The van der Waals surface area contributed by atoms with Crippen molar-refractivity contribution < 1.29 is 13.9 Å². The van der Waals surface area contributed by atoms with Crippen LogP contribution < -0.4 is 10.2 Å². The van der Waals surface area contributed by atoms with Crippen LogP contribution in [-0.2, 0) is 4.79 Å². The smallest absolute Gasteiger partial charge is 0.314 e. The third-order valence-electron chi connectivity index (χ3n) is 3.55. The Bertz CT molecular complexity index is 973. The molecule has 1 aromatic heterocycles. The lowest BCUT2D eigenvalue weighted by molar-refractivity contribution is -0.137. The molecule has 0 aliphatic carbocycles. The Morgan fingerprint density at radius 3 is 2.46 bits per heavy atom. The number of benzene rings is 2. The van der Waals surface area contributed by atoms with Gasteiger partial charge in [0.15, 0.2) is 5.76 Å². The van der Waals surface area contributed by atoms with E-state index in [1.807, 2.05) is 0 Å². The van der Waals surface area contributed by atoms with Gasteiger partial charge in [0.05, 0.1) is 16.3 Å². The number of halogens is 1. The van der Waals surface area contributed by atoms with Crippen LogP contribution in [0.3, 0.4) is 0 Å². The SMILES string of the molecule is CC(C)C(=O)Oc1c(-c2ccccc2Cl)oc2ccccc2c1=O. The fraction of sp³-hybridized carbons (Fsp3) is 0.158. The molecule has 4 nitrogen and oxygen atoms in total. The Morgan fingerprint density at radius 1 is 1.08 bits per heavy atom. The summed E-state index contributed by atoms with van der Waals surface area (Å²) in [5.41, 5.74) is 0.496. The second-order valence-corrected chi connectivity index (χ2v) is 6.05. The molecule has 0 amide bonds. The van der Waals surface area contributed by atoms with Gasteiger partial charge in [-0.15, -0.1) is 0 Å². The van der Waals surface area contributed by atoms with Gasteiger partial charge in [-0.25, -0.2) is 0 Å². The fourth-order valence-electron chi connectivity index (χ4n) is 2.26. The quantitative estimate of drug-likeness (QED) is 0.649. The van der Waals surface area contributed by atoms with Crippen molar-refractivity contribution in [3.8, 4) is 17.1 Å². The first-order chi connectivity index (χ1) is 11.5. The van der Waals surface area contributed by atoms with E-state index < -0.39 is 11.4 Å². The molecule has 0 saturated carbocycles. The summed E-state index contributed by atoms with van der Waals surface area (Å²) in [5, 5.41) is 0.748. The van der Waals surface area contributed by atoms with Gasteiger partial charge in [-0.3, -0.25) is 9.59 Å². The zero-order valence-electron chi connectivity index (χ0n) is 13.2. The minimum absolute atomic E-state index is 0.138. The molecule has 3 rings (SSSR count). The number of ether oxygens (including phenoxy) is 1. The van der Waals surface area contributed by atoms with Crippen molar-refractivity contribution in [2.75, 3.05) is 0 Å². The molecular formula is C19H15ClO4. The van der Waals surface area contributed by atoms with Gasteiger partial charge in [0.25, 0.3) is 0 Å². The maximum absolute atomic E-state index is 12.8. The summed E-state index contributed by atoms with van der Waals surface area (Å²) in [5.74, 6) is -0.875. The molecule has 0 fully saturated rings. The van der Waals surface area contributed by atoms with Crippen molar-refractivity contribution in [3.05, 3.63) is 63.8 Å². The standard InChI is InChI=1S/C19H15ClO4/c1-11(2)19(22)24-18-16(21)13-8-4-6-10-15(13)23-17(18)12-7-3-5-9-14(12)20/h3-11H,1-2H3. The van der Waals surface area contributed by atoms with Gasteiger partial charge in [0.1, 0.15) is 5.58 Å². The van der Waals surface area contributed by atoms with Gasteiger partial charge in [-0.05, 0) is 24.3 Å². The van der Waals surface area contributed by atoms with E-state index in [-0.39, 0.29) is 17.4 Å². The molecule has 0 spiro atoms. The van der Waals surface area contributed by atoms with E-state index in [0.29, 0.717) is 21.6 Å². The van der Waals surface area contributed by atoms with E-state index in [0.717, 1.165) is 0 Å². The highest BCUT2D eigenvalue weighted by molar-refractivity contribution is 6.33. The molecular weight excluding hydrogens is 328 g/mol. The number of fused-ring (bicyclic) bond motifs is 1. The topological polar surface area (TPSA) is 56.5 Å². The monoisotopic (exact) mass is 342 g/mol. The van der Waals surface area contributed by atoms with Gasteiger partial charge < -0.3 is 9.15 Å². The third-order valence-corrected chi connectivity index (χ3v) is 3.88. The van der Waals surface area contributed by atoms with E-state index in [9.17, 15) is 9.59 Å². The van der Waals surface area contributed by atoms with E-state index in [1.165, 1.54) is 0 Å². The molecule has 2 aromatic carbocycles. The van der Waals surface area contributed by atoms with E-state index in [1.54, 1.807) is 62.4 Å². The fourth-order valence-corrected chi connectivity index (χ4v) is 2.48. The van der Waals surface area contributed by atoms with Crippen LogP contribution in [0.1, 0.15) is 13.8 Å². The summed E-state index contributed by atoms with van der Waals surface area (Å²) in [6.45, 7) is 3.39. The van der Waals surface area contributed by atoms with Crippen LogP contribution >= 0.6 is 11.6 Å². The molecule has 24 heavy (non-hydrogen) atoms. The number of carbonyl (C=O) groups excluding carboxylic acids is 1. The van der Waals surface area contributed by atoms with Gasteiger partial charge >= 0.3 is 5.97 Å². The van der Waals surface area contributed by atoms with Crippen LogP contribution in [0.5, 0.6) is 5.75 Å². The first kappa shape index (κ1) is 16.3. The van der Waals surface area contributed by atoms with Crippen molar-refractivity contribution in [1.82, 2.24) is 0 Å². The van der Waals surface area contributed by atoms with Crippen LogP contribution in [0.25, 0.3) is 22.3 Å². The second kappa shape index (κ2) is 6.49. The molecule has 122 valence electrons. The predicted molar refractivity (Wildman–Crippen MR) is 93.4 cm³/mol. The summed E-state index contributed by atoms with van der Waals surface area (Å²) in [6, 6.07) is 13.7. The lowest BCUT2D eigenvalue weighted by atomic mass is 10.1. The van der Waals surface area contributed by atoms with Crippen LogP contribution in [0, 0.1) is 5.92 Å².